The monoisotopic (exact) mass is 255 g/mol. The van der Waals surface area contributed by atoms with Crippen molar-refractivity contribution in [2.75, 3.05) is 36.6 Å². The third-order valence-electron chi connectivity index (χ3n) is 2.49. The van der Waals surface area contributed by atoms with Crippen molar-refractivity contribution in [3.8, 4) is 0 Å². The largest absolute Gasteiger partial charge is 0.378 e. The number of rotatable bonds is 3. The van der Waals surface area contributed by atoms with Crippen molar-refractivity contribution in [1.82, 2.24) is 0 Å². The molecule has 1 aromatic rings. The van der Waals surface area contributed by atoms with Crippen LogP contribution in [0.3, 0.4) is 0 Å². The molecule has 0 saturated carbocycles. The van der Waals surface area contributed by atoms with Crippen LogP contribution in [0.4, 0.5) is 11.4 Å². The van der Waals surface area contributed by atoms with Gasteiger partial charge in [-0.3, -0.25) is 5.43 Å². The lowest BCUT2D eigenvalue weighted by atomic mass is 10.2. The zero-order valence-corrected chi connectivity index (χ0v) is 9.98. The highest BCUT2D eigenvalue weighted by Crippen LogP contribution is 2.18. The van der Waals surface area contributed by atoms with Crippen LogP contribution in [-0.4, -0.2) is 34.7 Å². The summed E-state index contributed by atoms with van der Waals surface area (Å²) in [6.45, 7) is 3.23. The Balaban J connectivity index is 2.04. The Morgan fingerprint density at radius 2 is 1.82 bits per heavy atom. The fourth-order valence-electron chi connectivity index (χ4n) is 1.66. The van der Waals surface area contributed by atoms with Crippen molar-refractivity contribution in [3.05, 3.63) is 24.3 Å². The zero-order chi connectivity index (χ0) is 12.1. The average molecular weight is 255 g/mol. The molecule has 1 heterocycles. The third-order valence-corrected chi connectivity index (χ3v) is 2.73. The second-order valence-corrected chi connectivity index (χ2v) is 4.18. The van der Waals surface area contributed by atoms with E-state index in [4.69, 9.17) is 4.74 Å². The van der Waals surface area contributed by atoms with Crippen LogP contribution in [0.2, 0.25) is 0 Å². The standard InChI is InChI=1S/C10H13N3O3S/c14-17(15)12-11-9-1-3-10(4-2-9)13-5-7-16-8-6-13/h1-4,11H,5-8H2. The third kappa shape index (κ3) is 3.43. The highest BCUT2D eigenvalue weighted by molar-refractivity contribution is 7.61. The molecular weight excluding hydrogens is 242 g/mol. The van der Waals surface area contributed by atoms with Crippen molar-refractivity contribution in [2.45, 2.75) is 0 Å². The van der Waals surface area contributed by atoms with Crippen molar-refractivity contribution >= 4 is 21.9 Å². The van der Waals surface area contributed by atoms with Crippen LogP contribution in [0.25, 0.3) is 0 Å². The van der Waals surface area contributed by atoms with E-state index in [0.717, 1.165) is 32.0 Å². The Labute approximate surface area is 101 Å². The first-order valence-electron chi connectivity index (χ1n) is 5.24. The molecule has 0 aliphatic carbocycles. The summed E-state index contributed by atoms with van der Waals surface area (Å²) in [4.78, 5) is 2.22. The van der Waals surface area contributed by atoms with Gasteiger partial charge >= 0.3 is 10.5 Å². The van der Waals surface area contributed by atoms with E-state index in [1.54, 1.807) is 12.1 Å². The van der Waals surface area contributed by atoms with Crippen molar-refractivity contribution in [1.29, 1.82) is 0 Å². The Bertz CT molecular complexity index is 484. The molecule has 0 radical (unpaired) electrons. The minimum absolute atomic E-state index is 0.645. The van der Waals surface area contributed by atoms with Crippen LogP contribution in [0.1, 0.15) is 0 Å². The van der Waals surface area contributed by atoms with Gasteiger partial charge in [-0.1, -0.05) is 4.47 Å². The Morgan fingerprint density at radius 1 is 1.18 bits per heavy atom. The van der Waals surface area contributed by atoms with Gasteiger partial charge in [0.2, 0.25) is 0 Å². The molecule has 1 aromatic carbocycles. The first-order valence-corrected chi connectivity index (χ1v) is 6.28. The van der Waals surface area contributed by atoms with Gasteiger partial charge in [-0.15, -0.1) is 0 Å². The molecule has 1 N–H and O–H groups in total. The second-order valence-electron chi connectivity index (χ2n) is 3.57. The second kappa shape index (κ2) is 5.65. The molecule has 92 valence electrons. The molecule has 0 spiro atoms. The van der Waals surface area contributed by atoms with Gasteiger partial charge in [0.1, 0.15) is 0 Å². The number of hydrogen-bond donors (Lipinski definition) is 1. The normalized spacial score (nSPS) is 15.4. The first-order chi connectivity index (χ1) is 8.25. The molecule has 1 aliphatic heterocycles. The summed E-state index contributed by atoms with van der Waals surface area (Å²) in [5, 5.41) is 0. The molecule has 0 bridgehead atoms. The fourth-order valence-corrected chi connectivity index (χ4v) is 1.84. The average Bonchev–Trinajstić information content (AvgIpc) is 2.38. The summed E-state index contributed by atoms with van der Waals surface area (Å²) in [7, 11) is -2.44. The van der Waals surface area contributed by atoms with Gasteiger partial charge in [-0.2, -0.15) is 8.42 Å². The number of benzene rings is 1. The molecule has 1 fully saturated rings. The number of hydrogen-bond acceptors (Lipinski definition) is 5. The Hall–Kier alpha value is -1.60. The summed E-state index contributed by atoms with van der Waals surface area (Å²) in [6, 6.07) is 7.44. The quantitative estimate of drug-likeness (QED) is 0.813. The zero-order valence-electron chi connectivity index (χ0n) is 9.17. The van der Waals surface area contributed by atoms with Crippen LogP contribution in [-0.2, 0) is 15.2 Å². The Kier molecular flexibility index (Phi) is 3.94. The van der Waals surface area contributed by atoms with E-state index in [0.29, 0.717) is 5.69 Å². The van der Waals surface area contributed by atoms with Crippen LogP contribution >= 0.6 is 0 Å². The summed E-state index contributed by atoms with van der Waals surface area (Å²) >= 11 is 0. The Morgan fingerprint density at radius 3 is 2.41 bits per heavy atom. The van der Waals surface area contributed by atoms with Gasteiger partial charge in [0.15, 0.2) is 0 Å². The number of nitrogens with one attached hydrogen (secondary N) is 1. The molecule has 7 heteroatoms. The molecule has 17 heavy (non-hydrogen) atoms. The van der Waals surface area contributed by atoms with E-state index in [9.17, 15) is 8.42 Å². The van der Waals surface area contributed by atoms with Gasteiger partial charge < -0.3 is 9.64 Å². The molecule has 1 aliphatic rings. The maximum atomic E-state index is 10.2. The van der Waals surface area contributed by atoms with Gasteiger partial charge in [0.25, 0.3) is 0 Å². The topological polar surface area (TPSA) is 71.0 Å². The van der Waals surface area contributed by atoms with Crippen molar-refractivity contribution in [3.63, 3.8) is 0 Å². The predicted octanol–water partition coefficient (Wildman–Crippen LogP) is 0.913. The van der Waals surface area contributed by atoms with E-state index in [-0.39, 0.29) is 0 Å². The molecule has 1 saturated heterocycles. The highest BCUT2D eigenvalue weighted by atomic mass is 32.2. The minimum Gasteiger partial charge on any atom is -0.378 e. The van der Waals surface area contributed by atoms with E-state index >= 15 is 0 Å². The lowest BCUT2D eigenvalue weighted by molar-refractivity contribution is 0.122. The molecule has 6 nitrogen and oxygen atoms in total. The van der Waals surface area contributed by atoms with Crippen molar-refractivity contribution < 1.29 is 13.2 Å². The van der Waals surface area contributed by atoms with Gasteiger partial charge in [0, 0.05) is 18.8 Å². The highest BCUT2D eigenvalue weighted by Gasteiger charge is 2.10. The van der Waals surface area contributed by atoms with E-state index in [2.05, 4.69) is 14.8 Å². The first kappa shape index (κ1) is 11.9. The number of anilines is 2. The van der Waals surface area contributed by atoms with Crippen LogP contribution in [0.5, 0.6) is 0 Å². The lowest BCUT2D eigenvalue weighted by Gasteiger charge is -2.28. The molecule has 0 unspecified atom stereocenters. The smallest absolute Gasteiger partial charge is 0.332 e. The summed E-state index contributed by atoms with van der Waals surface area (Å²) in [5.74, 6) is 0. The molecule has 0 amide bonds. The van der Waals surface area contributed by atoms with Crippen LogP contribution in [0, 0.1) is 0 Å². The number of morpholine rings is 1. The summed E-state index contributed by atoms with van der Waals surface area (Å²) in [6.07, 6.45) is 0. The number of nitrogens with zero attached hydrogens (tertiary/aromatic N) is 2. The SMILES string of the molecule is O=S(=O)=NNc1ccc(N2CCOCC2)cc1. The van der Waals surface area contributed by atoms with Crippen LogP contribution < -0.4 is 10.3 Å². The maximum absolute atomic E-state index is 10.2. The maximum Gasteiger partial charge on any atom is 0.332 e. The summed E-state index contributed by atoms with van der Waals surface area (Å²) < 4.78 is 28.9. The van der Waals surface area contributed by atoms with Crippen molar-refractivity contribution in [2.24, 2.45) is 4.47 Å². The number of ether oxygens (including phenoxy) is 1. The van der Waals surface area contributed by atoms with E-state index in [1.807, 2.05) is 12.1 Å². The van der Waals surface area contributed by atoms with Gasteiger partial charge in [-0.25, -0.2) is 0 Å². The van der Waals surface area contributed by atoms with E-state index < -0.39 is 10.5 Å². The summed E-state index contributed by atoms with van der Waals surface area (Å²) in [5.41, 5.74) is 4.19. The minimum atomic E-state index is -2.44. The van der Waals surface area contributed by atoms with Gasteiger partial charge in [-0.05, 0) is 24.3 Å². The fraction of sp³-hybridized carbons (Fsp3) is 0.400. The molecule has 0 aromatic heterocycles. The molecule has 0 atom stereocenters. The van der Waals surface area contributed by atoms with E-state index in [1.165, 1.54) is 0 Å². The molecular formula is C10H13N3O3S. The lowest BCUT2D eigenvalue weighted by Crippen LogP contribution is -2.36. The van der Waals surface area contributed by atoms with Crippen LogP contribution in [0.15, 0.2) is 28.7 Å². The predicted molar refractivity (Wildman–Crippen MR) is 64.4 cm³/mol. The molecule has 2 rings (SSSR count). The van der Waals surface area contributed by atoms with Gasteiger partial charge in [0.05, 0.1) is 18.9 Å².